The lowest BCUT2D eigenvalue weighted by Gasteiger charge is -2.20. The molecule has 0 amide bonds. The first kappa shape index (κ1) is 23.8. The number of hydrogen-bond donors (Lipinski definition) is 1. The molecule has 1 heterocycles. The molecule has 33 heavy (non-hydrogen) atoms. The van der Waals surface area contributed by atoms with E-state index in [1.807, 2.05) is 31.5 Å². The summed E-state index contributed by atoms with van der Waals surface area (Å²) in [7, 11) is -3.38. The van der Waals surface area contributed by atoms with E-state index in [-0.39, 0.29) is 28.3 Å². The molecule has 0 unspecified atom stereocenters. The lowest BCUT2D eigenvalue weighted by molar-refractivity contribution is -0.137. The van der Waals surface area contributed by atoms with E-state index < -0.39 is 27.6 Å². The molecule has 9 heteroatoms. The second-order valence-corrected chi connectivity index (χ2v) is 11.9. The molecular formula is C24H26F4N2O2S. The van der Waals surface area contributed by atoms with E-state index in [2.05, 4.69) is 4.72 Å². The normalized spacial score (nSPS) is 15.4. The highest BCUT2D eigenvalue weighted by Gasteiger charge is 2.36. The summed E-state index contributed by atoms with van der Waals surface area (Å²) in [4.78, 5) is 0. The summed E-state index contributed by atoms with van der Waals surface area (Å²) in [5, 5.41) is 0.396. The Morgan fingerprint density at radius 3 is 2.36 bits per heavy atom. The first-order valence-electron chi connectivity index (χ1n) is 10.7. The van der Waals surface area contributed by atoms with Gasteiger partial charge in [0.15, 0.2) is 0 Å². The summed E-state index contributed by atoms with van der Waals surface area (Å²) in [6.07, 6.45) is -1.48. The van der Waals surface area contributed by atoms with Crippen LogP contribution in [0.5, 0.6) is 0 Å². The Morgan fingerprint density at radius 2 is 1.76 bits per heavy atom. The Kier molecular flexibility index (Phi) is 5.85. The molecule has 3 aromatic rings. The maximum Gasteiger partial charge on any atom is 0.417 e. The molecule has 4 rings (SSSR count). The molecule has 0 radical (unpaired) electrons. The van der Waals surface area contributed by atoms with E-state index in [9.17, 15) is 26.0 Å². The number of nitrogens with one attached hydrogen (secondary N) is 1. The molecule has 4 nitrogen and oxygen atoms in total. The number of nitrogens with zero attached hydrogens (tertiary/aromatic N) is 1. The average molecular weight is 483 g/mol. The van der Waals surface area contributed by atoms with Gasteiger partial charge in [-0.15, -0.1) is 0 Å². The summed E-state index contributed by atoms with van der Waals surface area (Å²) in [5.74, 6) is -0.752. The van der Waals surface area contributed by atoms with Gasteiger partial charge in [0.25, 0.3) is 0 Å². The van der Waals surface area contributed by atoms with Crippen molar-refractivity contribution in [1.82, 2.24) is 9.29 Å². The van der Waals surface area contributed by atoms with Gasteiger partial charge in [0.2, 0.25) is 10.0 Å². The molecular weight excluding hydrogens is 456 g/mol. The fraction of sp³-hybridized carbons (Fsp3) is 0.417. The van der Waals surface area contributed by atoms with Crippen molar-refractivity contribution >= 4 is 20.9 Å². The fourth-order valence-corrected chi connectivity index (χ4v) is 5.34. The lowest BCUT2D eigenvalue weighted by atomic mass is 9.96. The van der Waals surface area contributed by atoms with Crippen molar-refractivity contribution in [1.29, 1.82) is 0 Å². The molecule has 2 aromatic carbocycles. The van der Waals surface area contributed by atoms with Crippen LogP contribution in [0, 0.1) is 11.2 Å². The Bertz CT molecular complexity index is 1300. The number of rotatable bonds is 6. The van der Waals surface area contributed by atoms with Gasteiger partial charge in [0.05, 0.1) is 10.8 Å². The Balaban J connectivity index is 1.81. The molecule has 1 N–H and O–H groups in total. The second-order valence-electron chi connectivity index (χ2n) is 9.83. The molecule has 0 aliphatic heterocycles. The average Bonchev–Trinajstić information content (AvgIpc) is 3.50. The van der Waals surface area contributed by atoms with Gasteiger partial charge < -0.3 is 4.57 Å². The minimum Gasteiger partial charge on any atom is -0.347 e. The van der Waals surface area contributed by atoms with Crippen LogP contribution in [0.25, 0.3) is 22.0 Å². The minimum atomic E-state index is -4.63. The predicted molar refractivity (Wildman–Crippen MR) is 121 cm³/mol. The van der Waals surface area contributed by atoms with Crippen LogP contribution in [0.15, 0.2) is 42.6 Å². The van der Waals surface area contributed by atoms with Crippen LogP contribution >= 0.6 is 0 Å². The largest absolute Gasteiger partial charge is 0.417 e. The number of halogens is 4. The molecule has 0 atom stereocenters. The smallest absolute Gasteiger partial charge is 0.347 e. The van der Waals surface area contributed by atoms with E-state index >= 15 is 0 Å². The third-order valence-corrected chi connectivity index (χ3v) is 7.53. The zero-order valence-corrected chi connectivity index (χ0v) is 19.4. The van der Waals surface area contributed by atoms with E-state index in [1.54, 1.807) is 12.1 Å². The number of sulfonamides is 1. The highest BCUT2D eigenvalue weighted by atomic mass is 32.2. The molecule has 1 aliphatic rings. The molecule has 0 saturated heterocycles. The van der Waals surface area contributed by atoms with Crippen molar-refractivity contribution < 1.29 is 26.0 Å². The third kappa shape index (κ3) is 5.24. The van der Waals surface area contributed by atoms with Gasteiger partial charge in [-0.3, -0.25) is 0 Å². The standard InChI is InChI=1S/C24H26F4N2O2S/c1-23(2,3)14-30-13-16(12-29-33(31,32)18-6-7-18)19-8-4-15(10-22(19)30)20-11-17(25)5-9-21(20)24(26,27)28/h4-5,8-11,13,18,29H,6-7,12,14H2,1-3H3. The van der Waals surface area contributed by atoms with Gasteiger partial charge in [-0.05, 0) is 59.2 Å². The Hall–Kier alpha value is -2.39. The van der Waals surface area contributed by atoms with Gasteiger partial charge in [-0.25, -0.2) is 17.5 Å². The van der Waals surface area contributed by atoms with Gasteiger partial charge in [-0.1, -0.05) is 32.9 Å². The molecule has 1 fully saturated rings. The van der Waals surface area contributed by atoms with Gasteiger partial charge in [0, 0.05) is 30.2 Å². The summed E-state index contributed by atoms with van der Waals surface area (Å²) in [5.41, 5.74) is 0.370. The maximum absolute atomic E-state index is 13.9. The fourth-order valence-electron chi connectivity index (χ4n) is 4.00. The first-order chi connectivity index (χ1) is 15.2. The summed E-state index contributed by atoms with van der Waals surface area (Å²) >= 11 is 0. The summed E-state index contributed by atoms with van der Waals surface area (Å²) < 4.78 is 83.7. The van der Waals surface area contributed by atoms with Crippen LogP contribution in [0.2, 0.25) is 0 Å². The number of benzene rings is 2. The maximum atomic E-state index is 13.9. The van der Waals surface area contributed by atoms with Crippen molar-refractivity contribution in [2.75, 3.05) is 0 Å². The molecule has 1 aromatic heterocycles. The van der Waals surface area contributed by atoms with E-state index in [4.69, 9.17) is 0 Å². The van der Waals surface area contributed by atoms with Gasteiger partial charge >= 0.3 is 6.18 Å². The lowest BCUT2D eigenvalue weighted by Crippen LogP contribution is -2.26. The highest BCUT2D eigenvalue weighted by Crippen LogP contribution is 2.39. The second kappa shape index (κ2) is 8.13. The van der Waals surface area contributed by atoms with E-state index in [0.717, 1.165) is 29.1 Å². The minimum absolute atomic E-state index is 0.0968. The summed E-state index contributed by atoms with van der Waals surface area (Å²) in [6, 6.07) is 7.26. The third-order valence-electron chi connectivity index (χ3n) is 5.63. The van der Waals surface area contributed by atoms with Crippen LogP contribution in [0.4, 0.5) is 17.6 Å². The predicted octanol–water partition coefficient (Wildman–Crippen LogP) is 6.09. The zero-order chi connectivity index (χ0) is 24.2. The molecule has 0 spiro atoms. The van der Waals surface area contributed by atoms with Gasteiger partial charge in [0.1, 0.15) is 5.82 Å². The molecule has 1 saturated carbocycles. The van der Waals surface area contributed by atoms with Crippen molar-refractivity contribution in [3.05, 3.63) is 59.5 Å². The van der Waals surface area contributed by atoms with Crippen LogP contribution < -0.4 is 4.72 Å². The quantitative estimate of drug-likeness (QED) is 0.432. The van der Waals surface area contributed by atoms with Crippen LogP contribution in [0.1, 0.15) is 44.7 Å². The van der Waals surface area contributed by atoms with Crippen LogP contribution in [0.3, 0.4) is 0 Å². The van der Waals surface area contributed by atoms with Crippen LogP contribution in [-0.4, -0.2) is 18.2 Å². The summed E-state index contributed by atoms with van der Waals surface area (Å²) in [6.45, 7) is 6.77. The van der Waals surface area contributed by atoms with Crippen molar-refractivity contribution in [2.45, 2.75) is 58.1 Å². The number of hydrogen-bond acceptors (Lipinski definition) is 2. The Morgan fingerprint density at radius 1 is 1.06 bits per heavy atom. The van der Waals surface area contributed by atoms with Crippen molar-refractivity contribution in [3.8, 4) is 11.1 Å². The number of alkyl halides is 3. The van der Waals surface area contributed by atoms with Crippen molar-refractivity contribution in [2.24, 2.45) is 5.41 Å². The number of fused-ring (bicyclic) bond motifs is 1. The molecule has 0 bridgehead atoms. The first-order valence-corrected chi connectivity index (χ1v) is 12.3. The van der Waals surface area contributed by atoms with E-state index in [1.165, 1.54) is 6.07 Å². The SMILES string of the molecule is CC(C)(C)Cn1cc(CNS(=O)(=O)C2CC2)c2ccc(-c3cc(F)ccc3C(F)(F)F)cc21. The zero-order valence-electron chi connectivity index (χ0n) is 18.6. The van der Waals surface area contributed by atoms with Crippen LogP contribution in [-0.2, 0) is 29.3 Å². The molecule has 1 aliphatic carbocycles. The van der Waals surface area contributed by atoms with E-state index in [0.29, 0.717) is 24.9 Å². The Labute approximate surface area is 190 Å². The van der Waals surface area contributed by atoms with Gasteiger partial charge in [-0.2, -0.15) is 13.2 Å². The van der Waals surface area contributed by atoms with Crippen molar-refractivity contribution in [3.63, 3.8) is 0 Å². The highest BCUT2D eigenvalue weighted by molar-refractivity contribution is 7.90. The topological polar surface area (TPSA) is 51.1 Å². The number of aromatic nitrogens is 1. The molecule has 178 valence electrons. The monoisotopic (exact) mass is 482 g/mol.